The Morgan fingerprint density at radius 1 is 1.21 bits per heavy atom. The van der Waals surface area contributed by atoms with Crippen LogP contribution in [-0.2, 0) is 30.6 Å². The summed E-state index contributed by atoms with van der Waals surface area (Å²) in [6.45, 7) is 2.72. The molecule has 2 aromatic heterocycles. The molecule has 1 unspecified atom stereocenters. The van der Waals surface area contributed by atoms with Crippen LogP contribution < -0.4 is 20.7 Å². The number of hydrogen-bond acceptors (Lipinski definition) is 10. The number of carbonyl (C=O) groups excluding carboxylic acids is 3. The van der Waals surface area contributed by atoms with Gasteiger partial charge in [0.05, 0.1) is 11.7 Å². The summed E-state index contributed by atoms with van der Waals surface area (Å²) in [5.41, 5.74) is 3.81. The number of aliphatic carboxylic acids is 2. The fourth-order valence-corrected chi connectivity index (χ4v) is 5.82. The number of rotatable bonds is 9. The number of β-lactam (4-membered cyclic amide) rings is 1. The molecule has 0 radical (unpaired) electrons. The van der Waals surface area contributed by atoms with E-state index in [1.165, 1.54) is 43.8 Å². The van der Waals surface area contributed by atoms with Crippen molar-refractivity contribution in [2.75, 3.05) is 11.5 Å². The fraction of sp³-hybridized carbons (Fsp3) is 0.250. The van der Waals surface area contributed by atoms with E-state index >= 15 is 0 Å². The predicted molar refractivity (Wildman–Crippen MR) is 149 cm³/mol. The number of thioether (sulfide) groups is 1. The highest BCUT2D eigenvalue weighted by Crippen LogP contribution is 2.40. The molecule has 0 saturated carbocycles. The van der Waals surface area contributed by atoms with Gasteiger partial charge in [0.15, 0.2) is 24.7 Å². The minimum absolute atomic E-state index is 0.0152. The van der Waals surface area contributed by atoms with Crippen LogP contribution in [0.5, 0.6) is 0 Å². The summed E-state index contributed by atoms with van der Waals surface area (Å²) >= 11 is 1.29. The van der Waals surface area contributed by atoms with E-state index in [2.05, 4.69) is 15.5 Å². The first-order chi connectivity index (χ1) is 20.0. The number of nitrogen functional groups attached to an aromatic ring is 1. The van der Waals surface area contributed by atoms with E-state index in [0.29, 0.717) is 5.57 Å². The molecule has 2 amide bonds. The Morgan fingerprint density at radius 2 is 1.95 bits per heavy atom. The Morgan fingerprint density at radius 3 is 2.64 bits per heavy atom. The lowest BCUT2D eigenvalue weighted by Gasteiger charge is -2.50. The van der Waals surface area contributed by atoms with Crippen molar-refractivity contribution in [3.05, 3.63) is 77.9 Å². The summed E-state index contributed by atoms with van der Waals surface area (Å²) < 4.78 is 1.84. The molecule has 216 valence electrons. The summed E-state index contributed by atoms with van der Waals surface area (Å²) in [6.07, 6.45) is 3.73. The number of fused-ring (bicyclic) bond motifs is 2. The number of nitrogens with two attached hydrogens (primary N) is 1. The van der Waals surface area contributed by atoms with Crippen LogP contribution >= 0.6 is 11.8 Å². The molecule has 13 nitrogen and oxygen atoms in total. The first kappa shape index (κ1) is 28.5. The van der Waals surface area contributed by atoms with Gasteiger partial charge in [-0.1, -0.05) is 29.4 Å². The average molecular weight is 591 g/mol. The second-order valence-corrected chi connectivity index (χ2v) is 11.2. The highest BCUT2D eigenvalue weighted by molar-refractivity contribution is 8.00. The quantitative estimate of drug-likeness (QED) is 0.130. The molecule has 14 heteroatoms. The van der Waals surface area contributed by atoms with Crippen LogP contribution in [0.25, 0.3) is 10.8 Å². The van der Waals surface area contributed by atoms with Crippen LogP contribution in [0, 0.1) is 0 Å². The van der Waals surface area contributed by atoms with E-state index in [1.54, 1.807) is 0 Å². The van der Waals surface area contributed by atoms with Crippen molar-refractivity contribution < 1.29 is 38.8 Å². The van der Waals surface area contributed by atoms with E-state index < -0.39 is 46.5 Å². The van der Waals surface area contributed by atoms with Gasteiger partial charge in [-0.3, -0.25) is 14.5 Å². The summed E-state index contributed by atoms with van der Waals surface area (Å²) in [5, 5.41) is 29.2. The van der Waals surface area contributed by atoms with Gasteiger partial charge < -0.3 is 30.9 Å². The number of nitrogens with zero attached hydrogens (tertiary/aromatic N) is 4. The van der Waals surface area contributed by atoms with Crippen LogP contribution in [-0.4, -0.2) is 67.2 Å². The molecular weight excluding hydrogens is 564 g/mol. The number of amides is 2. The molecule has 1 aromatic carbocycles. The third kappa shape index (κ3) is 5.48. The Hall–Kier alpha value is -4.98. The highest BCUT2D eigenvalue weighted by Gasteiger charge is 2.53. The third-order valence-electron chi connectivity index (χ3n) is 6.76. The van der Waals surface area contributed by atoms with Crippen molar-refractivity contribution in [3.63, 3.8) is 0 Å². The molecule has 2 atom stereocenters. The van der Waals surface area contributed by atoms with Crippen LogP contribution in [0.15, 0.2) is 77.4 Å². The standard InChI is InChI=1S/C28H26N6O7S/c1-28(2,27(39)40)41-32-20(18-8-5-9-19(29)30-18)23(35)31-21-24(36)34-22(26(37)38)17(14-42-25(21)34)13-33-11-10-15-6-3-4-7-16(15)12-33/h3-12,21,25H,13-14H2,1-2H3,(H4-,29,30,31,35,37,38,39,40)/t21?,25-/m0/s1. The molecule has 1 fully saturated rings. The lowest BCUT2D eigenvalue weighted by atomic mass is 10.0. The fourth-order valence-electron chi connectivity index (χ4n) is 4.49. The Balaban J connectivity index is 1.38. The minimum Gasteiger partial charge on any atom is -0.543 e. The van der Waals surface area contributed by atoms with Gasteiger partial charge in [-0.05, 0) is 37.4 Å². The molecule has 4 heterocycles. The van der Waals surface area contributed by atoms with Crippen molar-refractivity contribution in [2.24, 2.45) is 5.16 Å². The number of aromatic nitrogens is 2. The van der Waals surface area contributed by atoms with E-state index in [-0.39, 0.29) is 29.5 Å². The first-order valence-electron chi connectivity index (χ1n) is 12.8. The predicted octanol–water partition coefficient (Wildman–Crippen LogP) is -0.207. The molecule has 0 bridgehead atoms. The number of benzene rings is 1. The van der Waals surface area contributed by atoms with Crippen LogP contribution in [0.1, 0.15) is 19.5 Å². The molecule has 0 aliphatic carbocycles. The normalized spacial score (nSPS) is 18.8. The smallest absolute Gasteiger partial charge is 0.350 e. The maximum absolute atomic E-state index is 13.3. The zero-order valence-corrected chi connectivity index (χ0v) is 23.3. The van der Waals surface area contributed by atoms with Crippen LogP contribution in [0.4, 0.5) is 5.82 Å². The minimum atomic E-state index is -1.78. The Bertz CT molecular complexity index is 1690. The lowest BCUT2D eigenvalue weighted by Crippen LogP contribution is -2.71. The largest absolute Gasteiger partial charge is 0.543 e. The number of carboxylic acid groups (broad SMARTS) is 2. The number of carbonyl (C=O) groups is 4. The monoisotopic (exact) mass is 590 g/mol. The van der Waals surface area contributed by atoms with Crippen molar-refractivity contribution in [1.29, 1.82) is 0 Å². The molecule has 5 rings (SSSR count). The summed E-state index contributed by atoms with van der Waals surface area (Å²) in [4.78, 5) is 60.5. The van der Waals surface area contributed by atoms with Crippen molar-refractivity contribution >= 4 is 57.8 Å². The first-order valence-corrected chi connectivity index (χ1v) is 13.8. The topological polar surface area (TPSA) is 191 Å². The average Bonchev–Trinajstić information content (AvgIpc) is 2.95. The van der Waals surface area contributed by atoms with Gasteiger partial charge in [-0.25, -0.2) is 14.3 Å². The third-order valence-corrected chi connectivity index (χ3v) is 8.10. The molecule has 4 N–H and O–H groups in total. The van der Waals surface area contributed by atoms with Gasteiger partial charge in [0.25, 0.3) is 11.8 Å². The van der Waals surface area contributed by atoms with Gasteiger partial charge in [0.2, 0.25) is 5.60 Å². The summed E-state index contributed by atoms with van der Waals surface area (Å²) in [7, 11) is 0. The van der Waals surface area contributed by atoms with E-state index in [9.17, 15) is 29.4 Å². The van der Waals surface area contributed by atoms with E-state index in [0.717, 1.165) is 15.7 Å². The summed E-state index contributed by atoms with van der Waals surface area (Å²) in [5.74, 6) is -4.01. The van der Waals surface area contributed by atoms with Gasteiger partial charge >= 0.3 is 5.97 Å². The number of pyridine rings is 2. The van der Waals surface area contributed by atoms with E-state index in [1.807, 2.05) is 47.3 Å². The number of anilines is 1. The Labute approximate surface area is 243 Å². The number of carboxylic acids is 2. The number of oxime groups is 1. The van der Waals surface area contributed by atoms with Crippen LogP contribution in [0.2, 0.25) is 0 Å². The van der Waals surface area contributed by atoms with Gasteiger partial charge in [-0.2, -0.15) is 0 Å². The lowest BCUT2D eigenvalue weighted by molar-refractivity contribution is -0.687. The van der Waals surface area contributed by atoms with Crippen molar-refractivity contribution in [1.82, 2.24) is 15.2 Å². The number of nitrogens with one attached hydrogen (secondary N) is 1. The second-order valence-electron chi connectivity index (χ2n) is 10.1. The molecule has 2 aliphatic heterocycles. The molecule has 2 aliphatic rings. The molecular formula is C28H26N6O7S. The molecule has 42 heavy (non-hydrogen) atoms. The zero-order valence-electron chi connectivity index (χ0n) is 22.5. The summed E-state index contributed by atoms with van der Waals surface area (Å²) in [6, 6.07) is 13.0. The van der Waals surface area contributed by atoms with Gasteiger partial charge in [0.1, 0.15) is 22.9 Å². The van der Waals surface area contributed by atoms with Crippen molar-refractivity contribution in [2.45, 2.75) is 37.4 Å². The maximum Gasteiger partial charge on any atom is 0.350 e. The molecule has 1 saturated heterocycles. The van der Waals surface area contributed by atoms with Crippen molar-refractivity contribution in [3.8, 4) is 0 Å². The van der Waals surface area contributed by atoms with Gasteiger partial charge in [0, 0.05) is 22.8 Å². The Kier molecular flexibility index (Phi) is 7.56. The second kappa shape index (κ2) is 11.1. The van der Waals surface area contributed by atoms with E-state index in [4.69, 9.17) is 10.6 Å². The molecule has 0 spiro atoms. The zero-order chi connectivity index (χ0) is 30.2. The SMILES string of the molecule is CC(C)(ON=C(C(=O)NC1C(=O)N2C(C(=O)[O-])=C(C[n+]3ccc4ccccc4c3)CS[C@@H]12)c1cccc(N)n1)C(=O)O. The number of hydrogen-bond donors (Lipinski definition) is 3. The maximum atomic E-state index is 13.3. The van der Waals surface area contributed by atoms with Gasteiger partial charge in [-0.15, -0.1) is 11.8 Å². The highest BCUT2D eigenvalue weighted by atomic mass is 32.2. The molecule has 3 aromatic rings. The van der Waals surface area contributed by atoms with Crippen LogP contribution in [0.3, 0.4) is 0 Å².